The molecule has 1 heterocycles. The van der Waals surface area contributed by atoms with Gasteiger partial charge in [0.1, 0.15) is 0 Å². The van der Waals surface area contributed by atoms with E-state index in [1.165, 1.54) is 11.1 Å². The minimum absolute atomic E-state index is 0.538. The maximum absolute atomic E-state index is 6.63. The van der Waals surface area contributed by atoms with Crippen LogP contribution in [-0.4, -0.2) is 15.0 Å². The molecule has 0 N–H and O–H groups in total. The quantitative estimate of drug-likeness (QED) is 0.211. The molecule has 0 bridgehead atoms. The second kappa shape index (κ2) is 11.1. The molecule has 5 aromatic carbocycles. The normalized spacial score (nSPS) is 11.0. The third kappa shape index (κ3) is 5.67. The van der Waals surface area contributed by atoms with E-state index in [-0.39, 0.29) is 0 Å². The highest BCUT2D eigenvalue weighted by atomic mass is 35.5. The van der Waals surface area contributed by atoms with E-state index in [9.17, 15) is 0 Å². The molecule has 6 aromatic rings. The van der Waals surface area contributed by atoms with Gasteiger partial charge in [-0.25, -0.2) is 15.0 Å². The molecule has 194 valence electrons. The Morgan fingerprint density at radius 2 is 0.750 bits per heavy atom. The molecular formula is C35H25Cl2N3. The van der Waals surface area contributed by atoms with Gasteiger partial charge in [0.2, 0.25) is 0 Å². The predicted octanol–water partition coefficient (Wildman–Crippen LogP) is 10.1. The highest BCUT2D eigenvalue weighted by molar-refractivity contribution is 6.31. The van der Waals surface area contributed by atoms with Crippen LogP contribution in [0.25, 0.3) is 56.4 Å². The first-order chi connectivity index (χ1) is 19.4. The number of hydrogen-bond donors (Lipinski definition) is 0. The second-order valence-electron chi connectivity index (χ2n) is 9.86. The number of nitrogens with zero attached hydrogens (tertiary/aromatic N) is 3. The summed E-state index contributed by atoms with van der Waals surface area (Å²) in [5.74, 6) is 1.66. The van der Waals surface area contributed by atoms with Gasteiger partial charge >= 0.3 is 0 Å². The Kier molecular flexibility index (Phi) is 7.17. The van der Waals surface area contributed by atoms with Gasteiger partial charge in [-0.1, -0.05) is 113 Å². The van der Waals surface area contributed by atoms with E-state index >= 15 is 0 Å². The third-order valence-corrected chi connectivity index (χ3v) is 7.19. The van der Waals surface area contributed by atoms with E-state index in [2.05, 4.69) is 74.5 Å². The van der Waals surface area contributed by atoms with Crippen LogP contribution in [0.1, 0.15) is 11.1 Å². The van der Waals surface area contributed by atoms with Crippen molar-refractivity contribution in [2.75, 3.05) is 0 Å². The largest absolute Gasteiger partial charge is 0.208 e. The summed E-state index contributed by atoms with van der Waals surface area (Å²) in [6.45, 7) is 4.15. The van der Waals surface area contributed by atoms with Crippen LogP contribution in [0.4, 0.5) is 0 Å². The molecule has 3 nitrogen and oxygen atoms in total. The van der Waals surface area contributed by atoms with Crippen LogP contribution in [-0.2, 0) is 0 Å². The lowest BCUT2D eigenvalue weighted by molar-refractivity contribution is 1.07. The second-order valence-corrected chi connectivity index (χ2v) is 10.7. The van der Waals surface area contributed by atoms with Gasteiger partial charge in [-0.05, 0) is 72.5 Å². The first-order valence-corrected chi connectivity index (χ1v) is 13.7. The lowest BCUT2D eigenvalue weighted by atomic mass is 10.0. The summed E-state index contributed by atoms with van der Waals surface area (Å²) < 4.78 is 0. The number of benzene rings is 5. The zero-order valence-electron chi connectivity index (χ0n) is 22.1. The van der Waals surface area contributed by atoms with Crippen molar-refractivity contribution >= 4 is 23.2 Å². The molecule has 0 aliphatic carbocycles. The molecule has 0 saturated carbocycles. The SMILES string of the molecule is Cc1ccc(-c2cc(Cl)cc(-c3nc(-c4ccccc4)nc(-c4cc(Cl)cc(-c5ccc(C)cc5)c4)n3)c2)cc1. The molecule has 0 aliphatic rings. The number of aryl methyl sites for hydroxylation is 2. The van der Waals surface area contributed by atoms with Gasteiger partial charge in [-0.15, -0.1) is 0 Å². The Bertz CT molecular complexity index is 1700. The van der Waals surface area contributed by atoms with E-state index in [0.717, 1.165) is 38.9 Å². The first kappa shape index (κ1) is 25.9. The molecule has 0 atom stereocenters. The smallest absolute Gasteiger partial charge is 0.164 e. The van der Waals surface area contributed by atoms with Crippen LogP contribution in [0, 0.1) is 13.8 Å². The Morgan fingerprint density at radius 3 is 1.18 bits per heavy atom. The molecule has 0 unspecified atom stereocenters. The van der Waals surface area contributed by atoms with Gasteiger partial charge in [-0.3, -0.25) is 0 Å². The summed E-state index contributed by atoms with van der Waals surface area (Å²) in [4.78, 5) is 14.7. The maximum Gasteiger partial charge on any atom is 0.164 e. The number of halogens is 2. The Hall–Kier alpha value is -4.31. The van der Waals surface area contributed by atoms with Gasteiger partial charge in [0, 0.05) is 26.7 Å². The van der Waals surface area contributed by atoms with Crippen LogP contribution in [0.15, 0.2) is 115 Å². The van der Waals surface area contributed by atoms with Crippen molar-refractivity contribution in [1.82, 2.24) is 15.0 Å². The zero-order valence-corrected chi connectivity index (χ0v) is 23.6. The molecule has 5 heteroatoms. The molecule has 0 aliphatic heterocycles. The summed E-state index contributed by atoms with van der Waals surface area (Å²) in [5.41, 5.74) is 9.06. The Morgan fingerprint density at radius 1 is 0.375 bits per heavy atom. The highest BCUT2D eigenvalue weighted by Crippen LogP contribution is 2.33. The Labute approximate surface area is 244 Å². The van der Waals surface area contributed by atoms with Crippen molar-refractivity contribution in [3.8, 4) is 56.4 Å². The fourth-order valence-corrected chi connectivity index (χ4v) is 5.08. The van der Waals surface area contributed by atoms with E-state index < -0.39 is 0 Å². The predicted molar refractivity (Wildman–Crippen MR) is 167 cm³/mol. The van der Waals surface area contributed by atoms with Crippen LogP contribution >= 0.6 is 23.2 Å². The monoisotopic (exact) mass is 557 g/mol. The molecule has 0 saturated heterocycles. The van der Waals surface area contributed by atoms with Gasteiger partial charge < -0.3 is 0 Å². The van der Waals surface area contributed by atoms with Crippen LogP contribution in [0.3, 0.4) is 0 Å². The van der Waals surface area contributed by atoms with Gasteiger partial charge in [0.15, 0.2) is 17.5 Å². The minimum Gasteiger partial charge on any atom is -0.208 e. The van der Waals surface area contributed by atoms with Gasteiger partial charge in [0.25, 0.3) is 0 Å². The zero-order chi connectivity index (χ0) is 27.6. The molecular weight excluding hydrogens is 533 g/mol. The fourth-order valence-electron chi connectivity index (χ4n) is 4.61. The maximum atomic E-state index is 6.63. The van der Waals surface area contributed by atoms with Crippen molar-refractivity contribution in [3.05, 3.63) is 136 Å². The van der Waals surface area contributed by atoms with E-state index in [4.69, 9.17) is 38.2 Å². The van der Waals surface area contributed by atoms with Crippen LogP contribution < -0.4 is 0 Å². The average molecular weight is 559 g/mol. The standard InChI is InChI=1S/C35H25Cl2N3/c1-22-8-12-24(13-9-22)27-16-29(20-31(36)18-27)34-38-33(26-6-4-3-5-7-26)39-35(40-34)30-17-28(19-32(37)21-30)25-14-10-23(2)11-15-25/h3-21H,1-2H3. The number of aromatic nitrogens is 3. The lowest BCUT2D eigenvalue weighted by Gasteiger charge is -2.12. The van der Waals surface area contributed by atoms with Gasteiger partial charge in [-0.2, -0.15) is 0 Å². The van der Waals surface area contributed by atoms with Crippen molar-refractivity contribution in [2.24, 2.45) is 0 Å². The van der Waals surface area contributed by atoms with Crippen LogP contribution in [0.5, 0.6) is 0 Å². The van der Waals surface area contributed by atoms with Crippen molar-refractivity contribution in [1.29, 1.82) is 0 Å². The van der Waals surface area contributed by atoms with E-state index in [1.807, 2.05) is 54.6 Å². The summed E-state index contributed by atoms with van der Waals surface area (Å²) >= 11 is 13.3. The third-order valence-electron chi connectivity index (χ3n) is 6.75. The van der Waals surface area contributed by atoms with Gasteiger partial charge in [0.05, 0.1) is 0 Å². The molecule has 1 aromatic heterocycles. The fraction of sp³-hybridized carbons (Fsp3) is 0.0571. The molecule has 0 radical (unpaired) electrons. The van der Waals surface area contributed by atoms with Crippen molar-refractivity contribution in [2.45, 2.75) is 13.8 Å². The number of rotatable bonds is 5. The molecule has 0 spiro atoms. The van der Waals surface area contributed by atoms with Crippen molar-refractivity contribution < 1.29 is 0 Å². The highest BCUT2D eigenvalue weighted by Gasteiger charge is 2.15. The first-order valence-electron chi connectivity index (χ1n) is 13.0. The average Bonchev–Trinajstić information content (AvgIpc) is 2.97. The topological polar surface area (TPSA) is 38.7 Å². The number of hydrogen-bond acceptors (Lipinski definition) is 3. The van der Waals surface area contributed by atoms with E-state index in [0.29, 0.717) is 27.5 Å². The summed E-state index contributed by atoms with van der Waals surface area (Å²) in [7, 11) is 0. The summed E-state index contributed by atoms with van der Waals surface area (Å²) in [6, 6.07) is 38.5. The summed E-state index contributed by atoms with van der Waals surface area (Å²) in [6.07, 6.45) is 0. The van der Waals surface area contributed by atoms with E-state index in [1.54, 1.807) is 0 Å². The molecule has 40 heavy (non-hydrogen) atoms. The van der Waals surface area contributed by atoms with Crippen LogP contribution in [0.2, 0.25) is 10.0 Å². The van der Waals surface area contributed by atoms with Crippen molar-refractivity contribution in [3.63, 3.8) is 0 Å². The molecule has 0 fully saturated rings. The lowest BCUT2D eigenvalue weighted by Crippen LogP contribution is -2.00. The molecule has 6 rings (SSSR count). The molecule has 0 amide bonds. The summed E-state index contributed by atoms with van der Waals surface area (Å²) in [5, 5.41) is 1.22. The minimum atomic E-state index is 0.538. The Balaban J connectivity index is 1.52.